The number of hydrogen-bond donors (Lipinski definition) is 1. The van der Waals surface area contributed by atoms with Crippen LogP contribution in [0.15, 0.2) is 41.6 Å². The van der Waals surface area contributed by atoms with Crippen LogP contribution in [-0.2, 0) is 20.8 Å². The lowest BCUT2D eigenvalue weighted by atomic mass is 9.84. The second-order valence-corrected chi connectivity index (χ2v) is 11.0. The number of alkyl halides is 3. The van der Waals surface area contributed by atoms with E-state index in [1.165, 1.54) is 4.90 Å². The first-order chi connectivity index (χ1) is 16.5. The summed E-state index contributed by atoms with van der Waals surface area (Å²) in [6.07, 6.45) is -6.00. The van der Waals surface area contributed by atoms with Crippen molar-refractivity contribution in [2.75, 3.05) is 13.1 Å². The summed E-state index contributed by atoms with van der Waals surface area (Å²) < 4.78 is 48.0. The van der Waals surface area contributed by atoms with Crippen LogP contribution in [0.25, 0.3) is 0 Å². The van der Waals surface area contributed by atoms with Gasteiger partial charge in [0, 0.05) is 12.0 Å². The molecule has 1 fully saturated rings. The minimum absolute atomic E-state index is 0.0284. The standard InChI is InChI=1S/C24H22Cl3F3N2O4/c1-21(2,3)35-20(33)32-11-22(34,12-32)14-6-4-13(5-7-14)18-10-23(36-31-18,24(28,29)30)15-8-16(25)19(27)17(26)9-15/h4-9,34H,10-12H2,1-3H3. The van der Waals surface area contributed by atoms with Gasteiger partial charge in [-0.2, -0.15) is 13.2 Å². The minimum Gasteiger partial charge on any atom is -0.444 e. The number of likely N-dealkylation sites (tertiary alicyclic amines) is 1. The third kappa shape index (κ3) is 4.86. The van der Waals surface area contributed by atoms with Crippen LogP contribution in [0.3, 0.4) is 0 Å². The monoisotopic (exact) mass is 564 g/mol. The van der Waals surface area contributed by atoms with E-state index >= 15 is 0 Å². The topological polar surface area (TPSA) is 71.4 Å². The van der Waals surface area contributed by atoms with Crippen LogP contribution in [0.4, 0.5) is 18.0 Å². The lowest BCUT2D eigenvalue weighted by Crippen LogP contribution is -2.61. The van der Waals surface area contributed by atoms with E-state index < -0.39 is 35.5 Å². The van der Waals surface area contributed by atoms with Crippen LogP contribution >= 0.6 is 34.8 Å². The number of carbonyl (C=O) groups is 1. The van der Waals surface area contributed by atoms with Gasteiger partial charge in [0.2, 0.25) is 0 Å². The molecule has 1 N–H and O–H groups in total. The summed E-state index contributed by atoms with van der Waals surface area (Å²) in [5.74, 6) is 0. The summed E-state index contributed by atoms with van der Waals surface area (Å²) >= 11 is 17.8. The van der Waals surface area contributed by atoms with E-state index in [0.717, 1.165) is 12.1 Å². The highest BCUT2D eigenvalue weighted by atomic mass is 35.5. The Hall–Kier alpha value is -2.20. The van der Waals surface area contributed by atoms with E-state index in [2.05, 4.69) is 5.16 Å². The molecule has 1 atom stereocenters. The Balaban J connectivity index is 1.52. The van der Waals surface area contributed by atoms with Gasteiger partial charge in [0.05, 0.1) is 33.9 Å². The van der Waals surface area contributed by atoms with Gasteiger partial charge < -0.3 is 19.6 Å². The number of amides is 1. The average molecular weight is 566 g/mol. The van der Waals surface area contributed by atoms with E-state index in [1.54, 1.807) is 45.0 Å². The van der Waals surface area contributed by atoms with Gasteiger partial charge in [-0.3, -0.25) is 0 Å². The fourth-order valence-electron chi connectivity index (χ4n) is 4.04. The summed E-state index contributed by atoms with van der Waals surface area (Å²) in [7, 11) is 0. The molecule has 2 aromatic rings. The number of halogens is 6. The second kappa shape index (κ2) is 8.97. The third-order valence-electron chi connectivity index (χ3n) is 5.95. The zero-order valence-corrected chi connectivity index (χ0v) is 21.7. The van der Waals surface area contributed by atoms with Crippen LogP contribution in [0, 0.1) is 0 Å². The van der Waals surface area contributed by atoms with E-state index in [9.17, 15) is 23.1 Å². The molecule has 6 nitrogen and oxygen atoms in total. The van der Waals surface area contributed by atoms with E-state index in [1.807, 2.05) is 0 Å². The number of oxime groups is 1. The van der Waals surface area contributed by atoms with Crippen molar-refractivity contribution in [1.82, 2.24) is 4.90 Å². The van der Waals surface area contributed by atoms with Gasteiger partial charge in [-0.25, -0.2) is 4.79 Å². The van der Waals surface area contributed by atoms with Crippen molar-refractivity contribution >= 4 is 46.6 Å². The molecular weight excluding hydrogens is 544 g/mol. The minimum atomic E-state index is -4.84. The quantitative estimate of drug-likeness (QED) is 0.422. The van der Waals surface area contributed by atoms with Gasteiger partial charge in [0.25, 0.3) is 5.60 Å². The SMILES string of the molecule is CC(C)(C)OC(=O)N1CC(O)(c2ccc(C3=NOC(c4cc(Cl)c(Cl)c(Cl)c4)(C(F)(F)F)C3)cc2)C1. The summed E-state index contributed by atoms with van der Waals surface area (Å²) in [6.45, 7) is 5.29. The highest BCUT2D eigenvalue weighted by molar-refractivity contribution is 6.48. The number of carbonyl (C=O) groups excluding carboxylic acids is 1. The molecule has 0 bridgehead atoms. The van der Waals surface area contributed by atoms with Gasteiger partial charge in [0.15, 0.2) is 0 Å². The van der Waals surface area contributed by atoms with Crippen LogP contribution in [-0.4, -0.2) is 46.7 Å². The molecule has 1 unspecified atom stereocenters. The van der Waals surface area contributed by atoms with Crippen molar-refractivity contribution in [3.63, 3.8) is 0 Å². The predicted molar refractivity (Wildman–Crippen MR) is 130 cm³/mol. The fourth-order valence-corrected chi connectivity index (χ4v) is 4.64. The number of β-amino-alcohol motifs (C(OH)–C–C–N with tert-alkyl or cyclic N) is 1. The van der Waals surface area contributed by atoms with Crippen molar-refractivity contribution < 1.29 is 32.6 Å². The summed E-state index contributed by atoms with van der Waals surface area (Å²) in [5.41, 5.74) is -4.14. The lowest BCUT2D eigenvalue weighted by molar-refractivity contribution is -0.275. The van der Waals surface area contributed by atoms with Gasteiger partial charge in [-0.05, 0) is 44.0 Å². The summed E-state index contributed by atoms with van der Waals surface area (Å²) in [6, 6.07) is 8.36. The van der Waals surface area contributed by atoms with Gasteiger partial charge >= 0.3 is 12.3 Å². The molecule has 2 aliphatic rings. The number of rotatable bonds is 3. The van der Waals surface area contributed by atoms with Crippen LogP contribution in [0.2, 0.25) is 15.1 Å². The third-order valence-corrected chi connectivity index (χ3v) is 7.14. The zero-order valence-electron chi connectivity index (χ0n) is 19.4. The molecule has 2 aromatic carbocycles. The first kappa shape index (κ1) is 26.9. The summed E-state index contributed by atoms with van der Waals surface area (Å²) in [4.78, 5) is 18.5. The molecule has 0 aliphatic carbocycles. The summed E-state index contributed by atoms with van der Waals surface area (Å²) in [5, 5.41) is 14.3. The smallest absolute Gasteiger partial charge is 0.435 e. The van der Waals surface area contributed by atoms with Crippen LogP contribution in [0.1, 0.15) is 43.9 Å². The molecule has 4 rings (SSSR count). The molecule has 0 radical (unpaired) electrons. The van der Waals surface area contributed by atoms with E-state index in [4.69, 9.17) is 44.4 Å². The van der Waals surface area contributed by atoms with Gasteiger partial charge in [-0.15, -0.1) is 0 Å². The molecule has 194 valence electrons. The predicted octanol–water partition coefficient (Wildman–Crippen LogP) is 6.67. The normalized spacial score (nSPS) is 21.5. The maximum Gasteiger partial charge on any atom is 0.435 e. The Labute approximate surface area is 220 Å². The zero-order chi connectivity index (χ0) is 26.7. The molecule has 1 saturated heterocycles. The molecule has 2 heterocycles. The van der Waals surface area contributed by atoms with Crippen molar-refractivity contribution in [2.24, 2.45) is 5.16 Å². The fraction of sp³-hybridized carbons (Fsp3) is 0.417. The van der Waals surface area contributed by atoms with Crippen molar-refractivity contribution in [2.45, 2.75) is 50.2 Å². The van der Waals surface area contributed by atoms with Crippen LogP contribution < -0.4 is 0 Å². The number of ether oxygens (including phenoxy) is 1. The van der Waals surface area contributed by atoms with Crippen molar-refractivity contribution in [3.8, 4) is 0 Å². The first-order valence-electron chi connectivity index (χ1n) is 10.8. The molecule has 1 amide bonds. The van der Waals surface area contributed by atoms with Gasteiger partial charge in [-0.1, -0.05) is 64.2 Å². The number of aliphatic hydroxyl groups is 1. The van der Waals surface area contributed by atoms with Crippen molar-refractivity contribution in [1.29, 1.82) is 0 Å². The molecule has 0 aromatic heterocycles. The molecule has 0 spiro atoms. The van der Waals surface area contributed by atoms with E-state index in [-0.39, 0.29) is 39.4 Å². The Morgan fingerprint density at radius 2 is 1.61 bits per heavy atom. The maximum atomic E-state index is 14.2. The van der Waals surface area contributed by atoms with Crippen molar-refractivity contribution in [3.05, 3.63) is 68.2 Å². The number of benzene rings is 2. The Bertz CT molecular complexity index is 1200. The maximum absolute atomic E-state index is 14.2. The van der Waals surface area contributed by atoms with Gasteiger partial charge in [0.1, 0.15) is 11.2 Å². The van der Waals surface area contributed by atoms with E-state index in [0.29, 0.717) is 11.1 Å². The first-order valence-corrected chi connectivity index (χ1v) is 12.0. The average Bonchev–Trinajstić information content (AvgIpc) is 3.21. The molecular formula is C24H22Cl3F3N2O4. The lowest BCUT2D eigenvalue weighted by Gasteiger charge is -2.46. The highest BCUT2D eigenvalue weighted by Crippen LogP contribution is 2.50. The molecule has 36 heavy (non-hydrogen) atoms. The Morgan fingerprint density at radius 1 is 1.06 bits per heavy atom. The molecule has 0 saturated carbocycles. The Morgan fingerprint density at radius 3 is 2.11 bits per heavy atom. The van der Waals surface area contributed by atoms with Crippen LogP contribution in [0.5, 0.6) is 0 Å². The molecule has 2 aliphatic heterocycles. The number of hydrogen-bond acceptors (Lipinski definition) is 5. The Kier molecular flexibility index (Phi) is 6.69. The number of nitrogens with zero attached hydrogens (tertiary/aromatic N) is 2. The second-order valence-electron chi connectivity index (χ2n) is 9.83. The largest absolute Gasteiger partial charge is 0.444 e. The molecule has 12 heteroatoms. The highest BCUT2D eigenvalue weighted by Gasteiger charge is 2.62.